The van der Waals surface area contributed by atoms with Gasteiger partial charge in [0.1, 0.15) is 25.2 Å². The molecule has 2 aromatic carbocycles. The molecule has 0 atom stereocenters. The predicted octanol–water partition coefficient (Wildman–Crippen LogP) is 4.15. The number of aliphatic imine (C=N–C) groups is 1. The van der Waals surface area contributed by atoms with Crippen LogP contribution in [0.1, 0.15) is 5.56 Å². The quantitative estimate of drug-likeness (QED) is 0.192. The van der Waals surface area contributed by atoms with Gasteiger partial charge in [0, 0.05) is 0 Å². The Labute approximate surface area is 194 Å². The zero-order valence-electron chi connectivity index (χ0n) is 17.5. The van der Waals surface area contributed by atoms with Crippen LogP contribution in [0.5, 0.6) is 11.5 Å². The van der Waals surface area contributed by atoms with E-state index >= 15 is 4.39 Å². The first-order valence-electron chi connectivity index (χ1n) is 9.52. The molecule has 1 aliphatic heterocycles. The van der Waals surface area contributed by atoms with Gasteiger partial charge >= 0.3 is 0 Å². The normalized spacial score (nSPS) is 14.5. The SMILES string of the molecule is C=C(Oc1ccccc1/C(=N\OC)C1=NOCCO1)/C(F)=C(\N=C/N)Oc1ccccc1Cl. The van der Waals surface area contributed by atoms with Gasteiger partial charge in [0.05, 0.1) is 16.9 Å². The second kappa shape index (κ2) is 11.5. The number of ether oxygens (including phenoxy) is 3. The number of nitrogens with two attached hydrogens (primary N) is 1. The maximum absolute atomic E-state index is 15.2. The number of hydrogen-bond acceptors (Lipinski definition) is 8. The summed E-state index contributed by atoms with van der Waals surface area (Å²) < 4.78 is 31.8. The van der Waals surface area contributed by atoms with Crippen molar-refractivity contribution in [2.45, 2.75) is 0 Å². The molecule has 0 amide bonds. The summed E-state index contributed by atoms with van der Waals surface area (Å²) in [5, 5.41) is 8.04. The van der Waals surface area contributed by atoms with Gasteiger partial charge in [0.2, 0.25) is 5.83 Å². The first-order valence-corrected chi connectivity index (χ1v) is 9.90. The lowest BCUT2D eigenvalue weighted by molar-refractivity contribution is 0.0672. The van der Waals surface area contributed by atoms with Crippen LogP contribution in [0.25, 0.3) is 0 Å². The summed E-state index contributed by atoms with van der Waals surface area (Å²) >= 11 is 6.08. The largest absolute Gasteiger partial charge is 0.470 e. The highest BCUT2D eigenvalue weighted by atomic mass is 35.5. The lowest BCUT2D eigenvalue weighted by atomic mass is 10.1. The summed E-state index contributed by atoms with van der Waals surface area (Å²) in [7, 11) is 1.36. The Morgan fingerprint density at radius 3 is 2.55 bits per heavy atom. The van der Waals surface area contributed by atoms with E-state index in [1.165, 1.54) is 7.11 Å². The van der Waals surface area contributed by atoms with Crippen LogP contribution < -0.4 is 15.2 Å². The maximum atomic E-state index is 15.2. The molecule has 172 valence electrons. The van der Waals surface area contributed by atoms with Crippen molar-refractivity contribution in [1.82, 2.24) is 0 Å². The van der Waals surface area contributed by atoms with Crippen molar-refractivity contribution in [2.75, 3.05) is 20.3 Å². The minimum Gasteiger partial charge on any atom is -0.470 e. The maximum Gasteiger partial charge on any atom is 0.280 e. The zero-order chi connectivity index (χ0) is 23.6. The molecule has 0 aromatic heterocycles. The third-order valence-corrected chi connectivity index (χ3v) is 4.30. The average molecular weight is 475 g/mol. The zero-order valence-corrected chi connectivity index (χ0v) is 18.3. The minimum absolute atomic E-state index is 0.0799. The van der Waals surface area contributed by atoms with Gasteiger partial charge in [-0.05, 0) is 29.4 Å². The average Bonchev–Trinajstić information content (AvgIpc) is 2.84. The number of benzene rings is 2. The summed E-state index contributed by atoms with van der Waals surface area (Å²) in [5.74, 6) is -1.48. The summed E-state index contributed by atoms with van der Waals surface area (Å²) in [6, 6.07) is 13.1. The molecule has 0 spiro atoms. The highest BCUT2D eigenvalue weighted by molar-refractivity contribution is 6.45. The Balaban J connectivity index is 1.92. The van der Waals surface area contributed by atoms with Crippen molar-refractivity contribution in [3.05, 3.63) is 83.2 Å². The number of halogens is 2. The monoisotopic (exact) mass is 474 g/mol. The minimum atomic E-state index is -1.01. The smallest absolute Gasteiger partial charge is 0.280 e. The van der Waals surface area contributed by atoms with Crippen LogP contribution >= 0.6 is 11.6 Å². The van der Waals surface area contributed by atoms with Gasteiger partial charge in [-0.1, -0.05) is 47.6 Å². The van der Waals surface area contributed by atoms with E-state index < -0.39 is 17.5 Å². The van der Waals surface area contributed by atoms with E-state index in [0.717, 1.165) is 6.34 Å². The molecule has 0 fully saturated rings. The van der Waals surface area contributed by atoms with E-state index in [4.69, 9.17) is 41.2 Å². The van der Waals surface area contributed by atoms with Crippen LogP contribution in [-0.2, 0) is 14.4 Å². The van der Waals surface area contributed by atoms with Crippen molar-refractivity contribution < 1.29 is 28.3 Å². The molecule has 2 N–H and O–H groups in total. The molecule has 3 rings (SSSR count). The summed E-state index contributed by atoms with van der Waals surface area (Å²) in [4.78, 5) is 13.7. The van der Waals surface area contributed by atoms with E-state index in [-0.39, 0.29) is 34.7 Å². The predicted molar refractivity (Wildman–Crippen MR) is 122 cm³/mol. The fourth-order valence-corrected chi connectivity index (χ4v) is 2.76. The van der Waals surface area contributed by atoms with Crippen LogP contribution in [0.2, 0.25) is 5.02 Å². The van der Waals surface area contributed by atoms with E-state index in [1.807, 2.05) is 0 Å². The van der Waals surface area contributed by atoms with Gasteiger partial charge in [0.15, 0.2) is 18.1 Å². The number of para-hydroxylation sites is 2. The van der Waals surface area contributed by atoms with Crippen molar-refractivity contribution in [2.24, 2.45) is 21.0 Å². The molecule has 33 heavy (non-hydrogen) atoms. The first kappa shape index (κ1) is 23.6. The molecule has 0 saturated heterocycles. The number of rotatable bonds is 9. The van der Waals surface area contributed by atoms with Crippen LogP contribution in [0.15, 0.2) is 87.9 Å². The lowest BCUT2D eigenvalue weighted by Crippen LogP contribution is -2.26. The lowest BCUT2D eigenvalue weighted by Gasteiger charge is -2.17. The number of nitrogens with zero attached hydrogens (tertiary/aromatic N) is 3. The van der Waals surface area contributed by atoms with E-state index in [9.17, 15) is 0 Å². The Hall–Kier alpha value is -4.05. The summed E-state index contributed by atoms with van der Waals surface area (Å²) in [6.45, 7) is 4.20. The van der Waals surface area contributed by atoms with Crippen LogP contribution in [0.3, 0.4) is 0 Å². The Kier molecular flexibility index (Phi) is 8.25. The third kappa shape index (κ3) is 6.01. The van der Waals surface area contributed by atoms with Crippen LogP contribution in [0, 0.1) is 0 Å². The molecule has 1 heterocycles. The fourth-order valence-electron chi connectivity index (χ4n) is 2.59. The van der Waals surface area contributed by atoms with Gasteiger partial charge in [-0.25, -0.2) is 4.99 Å². The molecule has 11 heteroatoms. The Morgan fingerprint density at radius 1 is 1.15 bits per heavy atom. The molecule has 2 aromatic rings. The van der Waals surface area contributed by atoms with Crippen molar-refractivity contribution in [1.29, 1.82) is 0 Å². The second-order valence-electron chi connectivity index (χ2n) is 6.15. The third-order valence-electron chi connectivity index (χ3n) is 3.99. The van der Waals surface area contributed by atoms with E-state index in [2.05, 4.69) is 21.9 Å². The highest BCUT2D eigenvalue weighted by Gasteiger charge is 2.24. The number of allylic oxidation sites excluding steroid dienone is 1. The summed E-state index contributed by atoms with van der Waals surface area (Å²) in [5.41, 5.74) is 5.91. The molecule has 0 saturated carbocycles. The fraction of sp³-hybridized carbons (Fsp3) is 0.136. The molecule has 0 unspecified atom stereocenters. The molecule has 0 bridgehead atoms. The standard InChI is InChI=1S/C22H20ClFN4O5/c1-14(19(24)21(26-13-25)33-18-10-6-4-8-16(18)23)32-17-9-5-3-7-15(17)20(27-29-2)22-28-31-12-11-30-22/h3-10,13H,1,11-12H2,2H3,(H2,25,26)/b21-19-,27-20+. The molecule has 0 radical (unpaired) electrons. The Morgan fingerprint density at radius 2 is 1.88 bits per heavy atom. The van der Waals surface area contributed by atoms with Gasteiger partial charge in [-0.2, -0.15) is 4.39 Å². The van der Waals surface area contributed by atoms with Crippen LogP contribution in [-0.4, -0.2) is 38.3 Å². The first-order chi connectivity index (χ1) is 16.0. The molecule has 9 nitrogen and oxygen atoms in total. The second-order valence-corrected chi connectivity index (χ2v) is 6.56. The Bertz CT molecular complexity index is 1130. The topological polar surface area (TPSA) is 109 Å². The molecule has 0 aliphatic carbocycles. The number of oxime groups is 2. The van der Waals surface area contributed by atoms with Crippen molar-refractivity contribution >= 4 is 29.5 Å². The number of hydrogen-bond donors (Lipinski definition) is 1. The van der Waals surface area contributed by atoms with Crippen molar-refractivity contribution in [3.8, 4) is 11.5 Å². The van der Waals surface area contributed by atoms with E-state index in [1.54, 1.807) is 48.5 Å². The molecule has 1 aliphatic rings. The highest BCUT2D eigenvalue weighted by Crippen LogP contribution is 2.30. The van der Waals surface area contributed by atoms with Crippen molar-refractivity contribution in [3.63, 3.8) is 0 Å². The molecular weight excluding hydrogens is 455 g/mol. The van der Waals surface area contributed by atoms with Gasteiger partial charge in [-0.3, -0.25) is 0 Å². The van der Waals surface area contributed by atoms with E-state index in [0.29, 0.717) is 12.2 Å². The van der Waals surface area contributed by atoms with Gasteiger partial charge < -0.3 is 29.6 Å². The molecular formula is C22H20ClFN4O5. The van der Waals surface area contributed by atoms with Crippen LogP contribution in [0.4, 0.5) is 4.39 Å². The summed E-state index contributed by atoms with van der Waals surface area (Å²) in [6.07, 6.45) is 0.870. The van der Waals surface area contributed by atoms with Gasteiger partial charge in [-0.15, -0.1) is 0 Å². The van der Waals surface area contributed by atoms with Gasteiger partial charge in [0.25, 0.3) is 11.8 Å².